The van der Waals surface area contributed by atoms with E-state index in [1.54, 1.807) is 14.0 Å². The molecule has 1 aliphatic carbocycles. The first-order chi connectivity index (χ1) is 17.5. The van der Waals surface area contributed by atoms with Crippen LogP contribution in [0.15, 0.2) is 11.2 Å². The second-order valence-corrected chi connectivity index (χ2v) is 8.02. The Morgan fingerprint density at radius 1 is 1.27 bits per heavy atom. The molecule has 16 heteroatoms. The minimum absolute atomic E-state index is 0.199. The number of nitrogens with zero attached hydrogens (tertiary/aromatic N) is 5. The SMILES string of the molecule is CC.CC.CCN1Cc2c(cnn2C)N(OS(=O)(=O)O)C1=O.CN=CNOC(N)=O.NC1CCCCC1. The summed E-state index contributed by atoms with van der Waals surface area (Å²) in [4.78, 5) is 30.5. The van der Waals surface area contributed by atoms with Crippen LogP contribution in [0, 0.1) is 0 Å². The van der Waals surface area contributed by atoms with Crippen molar-refractivity contribution >= 4 is 34.5 Å². The highest BCUT2D eigenvalue weighted by atomic mass is 32.3. The van der Waals surface area contributed by atoms with Gasteiger partial charge in [-0.05, 0) is 19.8 Å². The largest absolute Gasteiger partial charge is 0.428 e. The van der Waals surface area contributed by atoms with Gasteiger partial charge in [-0.25, -0.2) is 15.1 Å². The average molecular weight is 553 g/mol. The summed E-state index contributed by atoms with van der Waals surface area (Å²) in [5, 5.41) is 4.44. The molecule has 37 heavy (non-hydrogen) atoms. The summed E-state index contributed by atoms with van der Waals surface area (Å²) in [6, 6.07) is -0.135. The zero-order valence-electron chi connectivity index (χ0n) is 22.9. The molecule has 0 atom stereocenters. The number of anilines is 1. The van der Waals surface area contributed by atoms with Crippen LogP contribution in [0.2, 0.25) is 0 Å². The molecule has 0 unspecified atom stereocenters. The third-order valence-electron chi connectivity index (χ3n) is 4.58. The molecule has 1 aliphatic heterocycles. The molecule has 1 fully saturated rings. The number of aliphatic imine (C=N–C) groups is 1. The lowest BCUT2D eigenvalue weighted by atomic mass is 9.97. The molecule has 0 saturated heterocycles. The van der Waals surface area contributed by atoms with Crippen molar-refractivity contribution in [2.24, 2.45) is 23.5 Å². The zero-order valence-corrected chi connectivity index (χ0v) is 23.7. The number of nitrogens with one attached hydrogen (secondary N) is 1. The number of urea groups is 1. The molecule has 2 heterocycles. The van der Waals surface area contributed by atoms with Gasteiger partial charge in [0.05, 0.1) is 18.4 Å². The van der Waals surface area contributed by atoms with Crippen LogP contribution in [0.5, 0.6) is 0 Å². The Bertz CT molecular complexity index is 903. The third kappa shape index (κ3) is 15.0. The van der Waals surface area contributed by atoms with Crippen molar-refractivity contribution in [1.29, 1.82) is 0 Å². The first-order valence-corrected chi connectivity index (χ1v) is 13.5. The number of hydrogen-bond donors (Lipinski definition) is 4. The zero-order chi connectivity index (χ0) is 29.0. The van der Waals surface area contributed by atoms with Crippen molar-refractivity contribution in [1.82, 2.24) is 20.2 Å². The fourth-order valence-electron chi connectivity index (χ4n) is 2.97. The number of hydroxylamine groups is 2. The molecule has 0 spiro atoms. The van der Waals surface area contributed by atoms with E-state index in [4.69, 9.17) is 10.3 Å². The minimum Gasteiger partial charge on any atom is -0.333 e. The van der Waals surface area contributed by atoms with Crippen LogP contribution >= 0.6 is 0 Å². The van der Waals surface area contributed by atoms with Gasteiger partial charge in [0.15, 0.2) is 0 Å². The molecule has 2 aliphatic rings. The van der Waals surface area contributed by atoms with Crippen LogP contribution in [-0.4, -0.2) is 65.7 Å². The number of carbonyl (C=O) groups is 2. The Morgan fingerprint density at radius 2 is 1.84 bits per heavy atom. The van der Waals surface area contributed by atoms with Crippen LogP contribution in [0.3, 0.4) is 0 Å². The number of carbonyl (C=O) groups excluding carboxylic acids is 2. The Morgan fingerprint density at radius 3 is 2.24 bits per heavy atom. The van der Waals surface area contributed by atoms with Gasteiger partial charge in [0.25, 0.3) is 0 Å². The van der Waals surface area contributed by atoms with Gasteiger partial charge in [-0.1, -0.05) is 47.0 Å². The topological polar surface area (TPSA) is 208 Å². The molecule has 0 bridgehead atoms. The summed E-state index contributed by atoms with van der Waals surface area (Å²) in [5.74, 6) is 0. The van der Waals surface area contributed by atoms with E-state index in [9.17, 15) is 18.0 Å². The number of aryl methyl sites for hydroxylation is 1. The lowest BCUT2D eigenvalue weighted by molar-refractivity contribution is 0.132. The molecule has 0 aromatic carbocycles. The summed E-state index contributed by atoms with van der Waals surface area (Å²) in [5.41, 5.74) is 13.1. The number of rotatable bonds is 5. The predicted molar refractivity (Wildman–Crippen MR) is 142 cm³/mol. The first kappa shape index (κ1) is 36.2. The smallest absolute Gasteiger partial charge is 0.333 e. The maximum atomic E-state index is 11.9. The average Bonchev–Trinajstić information content (AvgIpc) is 3.24. The molecule has 15 nitrogen and oxygen atoms in total. The van der Waals surface area contributed by atoms with Gasteiger partial charge in [0.1, 0.15) is 12.0 Å². The maximum absolute atomic E-state index is 11.9. The molecule has 1 saturated carbocycles. The number of amides is 3. The third-order valence-corrected chi connectivity index (χ3v) is 4.92. The standard InChI is InChI=1S/C8H12N4O5S.C6H13N.C3H7N3O2.2C2H6/c1-3-11-5-7-6(4-9-10(7)2)12(8(11)13)17-18(14,15)16;7-6-4-2-1-3-5-6;1-5-2-6-8-3(4)7;2*1-2/h4H,3,5H2,1-2H3,(H,14,15,16);6H,1-5,7H2;2H,1H3,(H2,4,7)(H,5,6);2*1-2H3. The van der Waals surface area contributed by atoms with Gasteiger partial charge in [-0.15, -0.1) is 9.35 Å². The summed E-state index contributed by atoms with van der Waals surface area (Å²) in [6.07, 6.45) is 8.27. The highest BCUT2D eigenvalue weighted by Crippen LogP contribution is 2.28. The van der Waals surface area contributed by atoms with Gasteiger partial charge < -0.3 is 21.2 Å². The van der Waals surface area contributed by atoms with Crippen LogP contribution in [0.25, 0.3) is 0 Å². The molecule has 6 N–H and O–H groups in total. The van der Waals surface area contributed by atoms with Gasteiger partial charge in [-0.2, -0.15) is 13.5 Å². The molecule has 1 aromatic heterocycles. The van der Waals surface area contributed by atoms with Crippen LogP contribution < -0.4 is 22.0 Å². The quantitative estimate of drug-likeness (QED) is 0.181. The maximum Gasteiger partial charge on any atom is 0.428 e. The van der Waals surface area contributed by atoms with E-state index in [0.717, 1.165) is 0 Å². The van der Waals surface area contributed by atoms with Gasteiger partial charge in [-0.3, -0.25) is 14.2 Å². The van der Waals surface area contributed by atoms with Gasteiger partial charge >= 0.3 is 22.5 Å². The van der Waals surface area contributed by atoms with Crippen LogP contribution in [0.4, 0.5) is 15.3 Å². The van der Waals surface area contributed by atoms with E-state index >= 15 is 0 Å². The van der Waals surface area contributed by atoms with E-state index in [1.807, 2.05) is 27.7 Å². The number of aromatic nitrogens is 2. The van der Waals surface area contributed by atoms with E-state index in [1.165, 1.54) is 61.3 Å². The lowest BCUT2D eigenvalue weighted by Crippen LogP contribution is -2.47. The second kappa shape index (κ2) is 20.1. The Labute approximate surface area is 220 Å². The predicted octanol–water partition coefficient (Wildman–Crippen LogP) is 2.49. The molecular weight excluding hydrogens is 508 g/mol. The van der Waals surface area contributed by atoms with E-state index in [-0.39, 0.29) is 5.69 Å². The van der Waals surface area contributed by atoms with Gasteiger partial charge in [0, 0.05) is 26.7 Å². The normalized spacial score (nSPS) is 14.9. The Kier molecular flexibility index (Phi) is 19.7. The van der Waals surface area contributed by atoms with Crippen molar-refractivity contribution in [2.75, 3.05) is 18.7 Å². The van der Waals surface area contributed by atoms with E-state index < -0.39 is 22.5 Å². The summed E-state index contributed by atoms with van der Waals surface area (Å²) in [7, 11) is -1.59. The van der Waals surface area contributed by atoms with Crippen molar-refractivity contribution < 1.29 is 31.7 Å². The van der Waals surface area contributed by atoms with Crippen molar-refractivity contribution in [3.8, 4) is 0 Å². The van der Waals surface area contributed by atoms with Crippen molar-refractivity contribution in [2.45, 2.75) is 79.3 Å². The Hall–Kier alpha value is -2.95. The summed E-state index contributed by atoms with van der Waals surface area (Å²) < 4.78 is 36.0. The van der Waals surface area contributed by atoms with E-state index in [0.29, 0.717) is 29.9 Å². The monoisotopic (exact) mass is 552 g/mol. The Balaban J connectivity index is 0. The summed E-state index contributed by atoms with van der Waals surface area (Å²) in [6.45, 7) is 10.4. The number of hydrogen-bond acceptors (Lipinski definition) is 9. The second-order valence-electron chi connectivity index (χ2n) is 7.02. The molecule has 3 amide bonds. The minimum atomic E-state index is -4.78. The lowest BCUT2D eigenvalue weighted by Gasteiger charge is -2.32. The van der Waals surface area contributed by atoms with Gasteiger partial charge in [0.2, 0.25) is 0 Å². The molecule has 1 aromatic rings. The van der Waals surface area contributed by atoms with Crippen LogP contribution in [0.1, 0.15) is 72.4 Å². The first-order valence-electron chi connectivity index (χ1n) is 12.1. The van der Waals surface area contributed by atoms with Crippen molar-refractivity contribution in [3.05, 3.63) is 11.9 Å². The van der Waals surface area contributed by atoms with Crippen LogP contribution in [-0.2, 0) is 33.1 Å². The number of primary amides is 1. The molecule has 0 radical (unpaired) electrons. The summed E-state index contributed by atoms with van der Waals surface area (Å²) >= 11 is 0. The fourth-order valence-corrected chi connectivity index (χ4v) is 3.30. The van der Waals surface area contributed by atoms with E-state index in [2.05, 4.69) is 30.4 Å². The van der Waals surface area contributed by atoms with Crippen molar-refractivity contribution in [3.63, 3.8) is 0 Å². The molecule has 3 rings (SSSR count). The fraction of sp³-hybridized carbons (Fsp3) is 0.714. The number of nitrogens with two attached hydrogens (primary N) is 2. The number of fused-ring (bicyclic) bond motifs is 1. The molecular formula is C21H44N8O7S. The highest BCUT2D eigenvalue weighted by Gasteiger charge is 2.35. The highest BCUT2D eigenvalue weighted by molar-refractivity contribution is 7.81. The molecule has 216 valence electrons.